The number of ether oxygens (including phenoxy) is 4. The van der Waals surface area contributed by atoms with Crippen molar-refractivity contribution < 1.29 is 74.4 Å². The van der Waals surface area contributed by atoms with Crippen LogP contribution in [0.15, 0.2) is 45.6 Å². The third-order valence-electron chi connectivity index (χ3n) is 7.25. The van der Waals surface area contributed by atoms with Gasteiger partial charge in [0.2, 0.25) is 17.5 Å². The molecule has 234 valence electrons. The fourth-order valence-electron chi connectivity index (χ4n) is 4.92. The van der Waals surface area contributed by atoms with Gasteiger partial charge in [0.15, 0.2) is 18.2 Å². The monoisotopic (exact) mass is 610 g/mol. The van der Waals surface area contributed by atoms with Gasteiger partial charge in [0, 0.05) is 17.7 Å². The van der Waals surface area contributed by atoms with Gasteiger partial charge in [0.05, 0.1) is 13.2 Å². The van der Waals surface area contributed by atoms with Gasteiger partial charge in [0.1, 0.15) is 70.9 Å². The predicted molar refractivity (Wildman–Crippen MR) is 140 cm³/mol. The molecule has 2 aliphatic rings. The lowest BCUT2D eigenvalue weighted by Crippen LogP contribution is -2.65. The number of aliphatic hydroxyl groups is 7. The molecule has 2 saturated heterocycles. The molecule has 0 aliphatic carbocycles. The number of hydrogen-bond donors (Lipinski definition) is 10. The van der Waals surface area contributed by atoms with Crippen LogP contribution in [-0.4, -0.2) is 126 Å². The Morgan fingerprint density at radius 3 is 1.95 bits per heavy atom. The standard InChI is InChI=1S/C27H30O16/c28-7-14-17(33)20(36)22(38)26(40-14)43-25-21(37)18(34)15(8-29)41-27(25)42-24-19(35)16-12(32)5-11(31)6-13(16)39-23(24)9-1-3-10(30)4-2-9/h1-6,14-15,17-18,20-22,25-34,36-38H,7-8H2/t14-,15-,17-,18-,20-,21-,22-,25-,26+,27+/m1/s1. The zero-order chi connectivity index (χ0) is 31.2. The molecule has 3 aromatic rings. The molecular formula is C27H30O16. The van der Waals surface area contributed by atoms with Crippen LogP contribution in [0.3, 0.4) is 0 Å². The van der Waals surface area contributed by atoms with E-state index in [0.717, 1.165) is 12.1 Å². The molecule has 3 heterocycles. The Morgan fingerprint density at radius 1 is 0.721 bits per heavy atom. The zero-order valence-electron chi connectivity index (χ0n) is 22.1. The van der Waals surface area contributed by atoms with Crippen LogP contribution in [0, 0.1) is 0 Å². The zero-order valence-corrected chi connectivity index (χ0v) is 22.1. The minimum Gasteiger partial charge on any atom is -0.508 e. The number of aromatic hydroxyl groups is 3. The first-order valence-corrected chi connectivity index (χ1v) is 13.0. The van der Waals surface area contributed by atoms with Crippen LogP contribution >= 0.6 is 0 Å². The van der Waals surface area contributed by atoms with Crippen LogP contribution in [0.1, 0.15) is 0 Å². The summed E-state index contributed by atoms with van der Waals surface area (Å²) in [7, 11) is 0. The Bertz CT molecular complexity index is 1490. The highest BCUT2D eigenvalue weighted by Gasteiger charge is 2.51. The van der Waals surface area contributed by atoms with Crippen molar-refractivity contribution in [2.45, 2.75) is 61.4 Å². The van der Waals surface area contributed by atoms with E-state index < -0.39 is 103 Å². The molecule has 16 nitrogen and oxygen atoms in total. The number of hydrogen-bond acceptors (Lipinski definition) is 16. The smallest absolute Gasteiger partial charge is 0.239 e. The molecule has 2 fully saturated rings. The van der Waals surface area contributed by atoms with Crippen molar-refractivity contribution in [2.24, 2.45) is 0 Å². The molecule has 5 rings (SSSR count). The van der Waals surface area contributed by atoms with E-state index in [-0.39, 0.29) is 22.7 Å². The van der Waals surface area contributed by atoms with Crippen molar-refractivity contribution in [3.63, 3.8) is 0 Å². The molecule has 0 spiro atoms. The van der Waals surface area contributed by atoms with Crippen molar-refractivity contribution in [1.29, 1.82) is 0 Å². The topological polar surface area (TPSA) is 269 Å². The van der Waals surface area contributed by atoms with Crippen LogP contribution in [-0.2, 0) is 14.2 Å². The van der Waals surface area contributed by atoms with Crippen molar-refractivity contribution in [2.75, 3.05) is 13.2 Å². The first-order chi connectivity index (χ1) is 20.4. The van der Waals surface area contributed by atoms with Gasteiger partial charge < -0.3 is 74.4 Å². The van der Waals surface area contributed by atoms with Crippen LogP contribution in [0.2, 0.25) is 0 Å². The number of benzene rings is 2. The van der Waals surface area contributed by atoms with Crippen LogP contribution in [0.5, 0.6) is 23.0 Å². The van der Waals surface area contributed by atoms with Crippen molar-refractivity contribution in [3.8, 4) is 34.3 Å². The maximum Gasteiger partial charge on any atom is 0.239 e. The van der Waals surface area contributed by atoms with Crippen LogP contribution in [0.25, 0.3) is 22.3 Å². The fraction of sp³-hybridized carbons (Fsp3) is 0.444. The third-order valence-corrected chi connectivity index (χ3v) is 7.25. The van der Waals surface area contributed by atoms with Gasteiger partial charge >= 0.3 is 0 Å². The maximum absolute atomic E-state index is 13.7. The number of fused-ring (bicyclic) bond motifs is 1. The fourth-order valence-corrected chi connectivity index (χ4v) is 4.92. The largest absolute Gasteiger partial charge is 0.508 e. The van der Waals surface area contributed by atoms with Crippen molar-refractivity contribution in [1.82, 2.24) is 0 Å². The van der Waals surface area contributed by atoms with Crippen molar-refractivity contribution in [3.05, 3.63) is 46.6 Å². The summed E-state index contributed by atoms with van der Waals surface area (Å²) in [5.74, 6) is -2.15. The van der Waals surface area contributed by atoms with E-state index in [9.17, 15) is 55.9 Å². The SMILES string of the molecule is O=c1c(O[C@@H]2O[C@H](CO)[C@@H](O)[C@@H](O)[C@H]2O[C@@H]2O[C@H](CO)[C@@H](O)[C@@H](O)[C@H]2O)c(-c2ccc(O)cc2)oc2cc(O)cc(O)c12. The van der Waals surface area contributed by atoms with E-state index in [4.69, 9.17) is 23.4 Å². The summed E-state index contributed by atoms with van der Waals surface area (Å²) < 4.78 is 28.3. The molecule has 0 bridgehead atoms. The quantitative estimate of drug-likeness (QED) is 0.133. The normalized spacial score (nSPS) is 33.0. The highest BCUT2D eigenvalue weighted by Crippen LogP contribution is 2.38. The van der Waals surface area contributed by atoms with E-state index in [0.29, 0.717) is 0 Å². The Labute approximate surface area is 241 Å². The van der Waals surface area contributed by atoms with E-state index in [2.05, 4.69) is 0 Å². The Morgan fingerprint density at radius 2 is 1.33 bits per heavy atom. The summed E-state index contributed by atoms with van der Waals surface area (Å²) in [6.45, 7) is -1.63. The van der Waals surface area contributed by atoms with E-state index in [1.807, 2.05) is 0 Å². The van der Waals surface area contributed by atoms with E-state index in [1.54, 1.807) is 0 Å². The van der Waals surface area contributed by atoms with Gasteiger partial charge in [-0.15, -0.1) is 0 Å². The second kappa shape index (κ2) is 12.2. The maximum atomic E-state index is 13.7. The van der Waals surface area contributed by atoms with Gasteiger partial charge in [-0.2, -0.15) is 0 Å². The highest BCUT2D eigenvalue weighted by atomic mass is 16.8. The summed E-state index contributed by atoms with van der Waals surface area (Å²) >= 11 is 0. The number of phenolic OH excluding ortho intramolecular Hbond substituents is 3. The average molecular weight is 611 g/mol. The first-order valence-electron chi connectivity index (χ1n) is 13.0. The second-order valence-electron chi connectivity index (χ2n) is 10.1. The van der Waals surface area contributed by atoms with Crippen molar-refractivity contribution >= 4 is 11.0 Å². The second-order valence-corrected chi connectivity index (χ2v) is 10.1. The molecule has 2 aliphatic heterocycles. The molecular weight excluding hydrogens is 580 g/mol. The number of aliphatic hydroxyl groups excluding tert-OH is 7. The van der Waals surface area contributed by atoms with Gasteiger partial charge in [-0.1, -0.05) is 0 Å². The minimum atomic E-state index is -1.93. The lowest BCUT2D eigenvalue weighted by atomic mass is 9.97. The van der Waals surface area contributed by atoms with Gasteiger partial charge in [0.25, 0.3) is 0 Å². The van der Waals surface area contributed by atoms with E-state index in [1.165, 1.54) is 24.3 Å². The summed E-state index contributed by atoms with van der Waals surface area (Å²) in [6, 6.07) is 7.20. The summed E-state index contributed by atoms with van der Waals surface area (Å²) in [4.78, 5) is 13.7. The Hall–Kier alpha value is -3.55. The molecule has 1 aromatic heterocycles. The number of phenols is 3. The lowest BCUT2D eigenvalue weighted by Gasteiger charge is -2.45. The molecule has 0 saturated carbocycles. The van der Waals surface area contributed by atoms with Gasteiger partial charge in [-0.3, -0.25) is 4.79 Å². The summed E-state index contributed by atoms with van der Waals surface area (Å²) in [6.07, 6.45) is -17.7. The van der Waals surface area contributed by atoms with Crippen LogP contribution in [0.4, 0.5) is 0 Å². The molecule has 10 N–H and O–H groups in total. The molecule has 0 unspecified atom stereocenters. The third kappa shape index (κ3) is 5.73. The Balaban J connectivity index is 1.60. The van der Waals surface area contributed by atoms with Crippen LogP contribution < -0.4 is 10.2 Å². The molecule has 0 radical (unpaired) electrons. The lowest BCUT2D eigenvalue weighted by molar-refractivity contribution is -0.358. The van der Waals surface area contributed by atoms with Gasteiger partial charge in [-0.25, -0.2) is 0 Å². The molecule has 10 atom stereocenters. The highest BCUT2D eigenvalue weighted by molar-refractivity contribution is 5.88. The van der Waals surface area contributed by atoms with Gasteiger partial charge in [-0.05, 0) is 24.3 Å². The molecule has 2 aromatic carbocycles. The average Bonchev–Trinajstić information content (AvgIpc) is 2.97. The first kappa shape index (κ1) is 30.9. The molecule has 0 amide bonds. The summed E-state index contributed by atoms with van der Waals surface area (Å²) in [5, 5.41) is 101. The number of rotatable bonds is 7. The minimum absolute atomic E-state index is 0.129. The molecule has 16 heteroatoms. The molecule has 43 heavy (non-hydrogen) atoms. The summed E-state index contributed by atoms with van der Waals surface area (Å²) in [5.41, 5.74) is -1.07. The Kier molecular flexibility index (Phi) is 8.77. The predicted octanol–water partition coefficient (Wildman–Crippen LogP) is -2.42. The van der Waals surface area contributed by atoms with E-state index >= 15 is 0 Å².